The Bertz CT molecular complexity index is 530. The lowest BCUT2D eigenvalue weighted by Crippen LogP contribution is -2.41. The van der Waals surface area contributed by atoms with Crippen LogP contribution in [0.15, 0.2) is 29.9 Å². The van der Waals surface area contributed by atoms with Gasteiger partial charge in [-0.3, -0.25) is 4.98 Å². The Morgan fingerprint density at radius 1 is 1.39 bits per heavy atom. The second-order valence-corrected chi connectivity index (χ2v) is 5.44. The Labute approximate surface area is 111 Å². The summed E-state index contributed by atoms with van der Waals surface area (Å²) in [5.74, 6) is 0. The first kappa shape index (κ1) is 11.9. The minimum absolute atomic E-state index is 0.606. The Morgan fingerprint density at radius 2 is 2.33 bits per heavy atom. The van der Waals surface area contributed by atoms with Crippen molar-refractivity contribution in [3.8, 4) is 0 Å². The number of fused-ring (bicyclic) bond motifs is 1. The molecule has 1 aromatic carbocycles. The van der Waals surface area contributed by atoms with E-state index in [-0.39, 0.29) is 0 Å². The van der Waals surface area contributed by atoms with Crippen LogP contribution in [-0.2, 0) is 23.9 Å². The van der Waals surface area contributed by atoms with Gasteiger partial charge < -0.3 is 9.68 Å². The Kier molecular flexibility index (Phi) is 3.45. The van der Waals surface area contributed by atoms with Gasteiger partial charge in [0.1, 0.15) is 0 Å². The molecule has 3 rings (SSSR count). The SMILES string of the molecule is OB1OCCc2ccc(CCc3cncs3)cc21. The molecule has 0 atom stereocenters. The maximum Gasteiger partial charge on any atom is 0.491 e. The van der Waals surface area contributed by atoms with E-state index in [1.807, 2.05) is 11.7 Å². The van der Waals surface area contributed by atoms with Gasteiger partial charge in [-0.25, -0.2) is 0 Å². The summed E-state index contributed by atoms with van der Waals surface area (Å²) in [6, 6.07) is 6.33. The van der Waals surface area contributed by atoms with E-state index in [0.717, 1.165) is 24.7 Å². The molecular formula is C13H14BNO2S. The maximum atomic E-state index is 9.81. The van der Waals surface area contributed by atoms with Gasteiger partial charge in [-0.15, -0.1) is 11.3 Å². The lowest BCUT2D eigenvalue weighted by atomic mass is 9.73. The van der Waals surface area contributed by atoms with Crippen LogP contribution in [0, 0.1) is 0 Å². The van der Waals surface area contributed by atoms with Gasteiger partial charge in [-0.1, -0.05) is 18.2 Å². The highest BCUT2D eigenvalue weighted by atomic mass is 32.1. The second kappa shape index (κ2) is 5.22. The molecule has 0 fully saturated rings. The summed E-state index contributed by atoms with van der Waals surface area (Å²) < 4.78 is 5.26. The number of benzene rings is 1. The second-order valence-electron chi connectivity index (χ2n) is 4.47. The van der Waals surface area contributed by atoms with Gasteiger partial charge in [-0.05, 0) is 35.9 Å². The molecule has 0 bridgehead atoms. The molecule has 2 aromatic rings. The highest BCUT2D eigenvalue weighted by Crippen LogP contribution is 2.13. The zero-order valence-electron chi connectivity index (χ0n) is 10.0. The van der Waals surface area contributed by atoms with Gasteiger partial charge >= 0.3 is 7.12 Å². The smallest absolute Gasteiger partial charge is 0.423 e. The number of hydrogen-bond acceptors (Lipinski definition) is 4. The van der Waals surface area contributed by atoms with Crippen LogP contribution >= 0.6 is 11.3 Å². The van der Waals surface area contributed by atoms with Crippen LogP contribution in [0.25, 0.3) is 0 Å². The predicted molar refractivity (Wildman–Crippen MR) is 73.2 cm³/mol. The summed E-state index contributed by atoms with van der Waals surface area (Å²) in [7, 11) is -0.753. The monoisotopic (exact) mass is 259 g/mol. The Morgan fingerprint density at radius 3 is 3.17 bits per heavy atom. The third-order valence-corrected chi connectivity index (χ3v) is 4.11. The number of aromatic nitrogens is 1. The van der Waals surface area contributed by atoms with Crippen LogP contribution in [0.5, 0.6) is 0 Å². The molecule has 1 N–H and O–H groups in total. The number of aryl methyl sites for hydroxylation is 2. The van der Waals surface area contributed by atoms with Gasteiger partial charge in [-0.2, -0.15) is 0 Å². The lowest BCUT2D eigenvalue weighted by Gasteiger charge is -2.19. The molecule has 2 heterocycles. The van der Waals surface area contributed by atoms with E-state index in [1.165, 1.54) is 16.0 Å². The fourth-order valence-corrected chi connectivity index (χ4v) is 2.86. The van der Waals surface area contributed by atoms with Crippen LogP contribution in [0.1, 0.15) is 16.0 Å². The van der Waals surface area contributed by atoms with Crippen molar-refractivity contribution in [1.82, 2.24) is 4.98 Å². The van der Waals surface area contributed by atoms with Crippen molar-refractivity contribution >= 4 is 23.9 Å². The molecule has 5 heteroatoms. The van der Waals surface area contributed by atoms with Gasteiger partial charge in [0.2, 0.25) is 0 Å². The van der Waals surface area contributed by atoms with Crippen molar-refractivity contribution in [2.45, 2.75) is 19.3 Å². The van der Waals surface area contributed by atoms with Gasteiger partial charge in [0.25, 0.3) is 0 Å². The van der Waals surface area contributed by atoms with Gasteiger partial charge in [0.15, 0.2) is 0 Å². The summed E-state index contributed by atoms with van der Waals surface area (Å²) in [4.78, 5) is 5.37. The summed E-state index contributed by atoms with van der Waals surface area (Å²) >= 11 is 1.69. The minimum Gasteiger partial charge on any atom is -0.423 e. The largest absolute Gasteiger partial charge is 0.491 e. The van der Waals surface area contributed by atoms with Crippen molar-refractivity contribution in [2.75, 3.05) is 6.61 Å². The summed E-state index contributed by atoms with van der Waals surface area (Å²) in [5.41, 5.74) is 5.24. The first-order chi connectivity index (χ1) is 8.83. The molecule has 0 saturated carbocycles. The molecule has 18 heavy (non-hydrogen) atoms. The standard InChI is InChI=1S/C13H14BNO2S/c16-14-13-7-10(1-3-11(13)5-6-17-14)2-4-12-8-15-9-18-12/h1,3,7-9,16H,2,4-6H2. The van der Waals surface area contributed by atoms with Crippen molar-refractivity contribution in [1.29, 1.82) is 0 Å². The quantitative estimate of drug-likeness (QED) is 0.842. The van der Waals surface area contributed by atoms with E-state index in [9.17, 15) is 5.02 Å². The molecular weight excluding hydrogens is 245 g/mol. The molecule has 0 saturated heterocycles. The van der Waals surface area contributed by atoms with Crippen LogP contribution in [0.4, 0.5) is 0 Å². The molecule has 92 valence electrons. The van der Waals surface area contributed by atoms with E-state index in [0.29, 0.717) is 6.61 Å². The number of nitrogens with zero attached hydrogens (tertiary/aromatic N) is 1. The first-order valence-electron chi connectivity index (χ1n) is 6.11. The Hall–Kier alpha value is -1.17. The molecule has 0 spiro atoms. The molecule has 1 aliphatic heterocycles. The van der Waals surface area contributed by atoms with E-state index in [1.54, 1.807) is 11.3 Å². The fourth-order valence-electron chi connectivity index (χ4n) is 2.26. The maximum absolute atomic E-state index is 9.81. The van der Waals surface area contributed by atoms with Crippen molar-refractivity contribution < 1.29 is 9.68 Å². The van der Waals surface area contributed by atoms with Gasteiger partial charge in [0.05, 0.1) is 5.51 Å². The number of rotatable bonds is 3. The molecule has 1 aliphatic rings. The third-order valence-electron chi connectivity index (χ3n) is 3.27. The number of thiazole rings is 1. The molecule has 0 aliphatic carbocycles. The fraction of sp³-hybridized carbons (Fsp3) is 0.308. The summed E-state index contributed by atoms with van der Waals surface area (Å²) in [6.07, 6.45) is 4.78. The molecule has 1 aromatic heterocycles. The zero-order valence-corrected chi connectivity index (χ0v) is 10.8. The predicted octanol–water partition coefficient (Wildman–Crippen LogP) is 1.19. The average molecular weight is 259 g/mol. The van der Waals surface area contributed by atoms with Crippen molar-refractivity contribution in [2.24, 2.45) is 0 Å². The summed E-state index contributed by atoms with van der Waals surface area (Å²) in [6.45, 7) is 0.606. The highest BCUT2D eigenvalue weighted by molar-refractivity contribution is 7.09. The minimum atomic E-state index is -0.753. The van der Waals surface area contributed by atoms with Crippen molar-refractivity contribution in [3.05, 3.63) is 45.9 Å². The molecule has 3 nitrogen and oxygen atoms in total. The third kappa shape index (κ3) is 2.48. The zero-order chi connectivity index (χ0) is 12.4. The lowest BCUT2D eigenvalue weighted by molar-refractivity contribution is 0.266. The average Bonchev–Trinajstić information content (AvgIpc) is 2.90. The van der Waals surface area contributed by atoms with E-state index < -0.39 is 7.12 Å². The highest BCUT2D eigenvalue weighted by Gasteiger charge is 2.24. The topological polar surface area (TPSA) is 42.4 Å². The van der Waals surface area contributed by atoms with E-state index in [4.69, 9.17) is 4.65 Å². The molecule has 0 amide bonds. The van der Waals surface area contributed by atoms with Crippen LogP contribution in [0.2, 0.25) is 0 Å². The van der Waals surface area contributed by atoms with E-state index >= 15 is 0 Å². The summed E-state index contributed by atoms with van der Waals surface area (Å²) in [5, 5.41) is 9.81. The Balaban J connectivity index is 1.75. The molecule has 0 radical (unpaired) electrons. The molecule has 0 unspecified atom stereocenters. The van der Waals surface area contributed by atoms with Gasteiger partial charge in [0, 0.05) is 17.7 Å². The van der Waals surface area contributed by atoms with Crippen LogP contribution in [0.3, 0.4) is 0 Å². The van der Waals surface area contributed by atoms with Crippen LogP contribution < -0.4 is 5.46 Å². The van der Waals surface area contributed by atoms with Crippen molar-refractivity contribution in [3.63, 3.8) is 0 Å². The van der Waals surface area contributed by atoms with Crippen LogP contribution in [-0.4, -0.2) is 23.7 Å². The first-order valence-corrected chi connectivity index (χ1v) is 6.99. The van der Waals surface area contributed by atoms with E-state index in [2.05, 4.69) is 23.2 Å². The number of hydrogen-bond donors (Lipinski definition) is 1. The normalized spacial score (nSPS) is 14.6.